The summed E-state index contributed by atoms with van der Waals surface area (Å²) >= 11 is 0. The highest BCUT2D eigenvalue weighted by molar-refractivity contribution is 6.14. The molecule has 0 bridgehead atoms. The Morgan fingerprint density at radius 1 is 1.25 bits per heavy atom. The number of hydrogen-bond acceptors (Lipinski definition) is 3. The minimum atomic E-state index is -0.543. The summed E-state index contributed by atoms with van der Waals surface area (Å²) in [6, 6.07) is 0. The fourth-order valence-electron chi connectivity index (χ4n) is 1.26. The van der Waals surface area contributed by atoms with Gasteiger partial charge in [0.25, 0.3) is 0 Å². The molecule has 0 unspecified atom stereocenters. The van der Waals surface area contributed by atoms with Crippen molar-refractivity contribution in [2.24, 2.45) is 0 Å². The zero-order valence-corrected chi connectivity index (χ0v) is 6.29. The van der Waals surface area contributed by atoms with Gasteiger partial charge in [-0.15, -0.1) is 0 Å². The second-order valence-corrected chi connectivity index (χ2v) is 2.74. The summed E-state index contributed by atoms with van der Waals surface area (Å²) in [6.07, 6.45) is 3.73. The molecule has 0 N–H and O–H groups in total. The fraction of sp³-hybridized carbons (Fsp3) is 0.111. The summed E-state index contributed by atoms with van der Waals surface area (Å²) < 4.78 is 4.41. The molecule has 1 heterocycles. The van der Waals surface area contributed by atoms with Crippen molar-refractivity contribution in [2.45, 2.75) is 6.42 Å². The number of carbonyl (C=O) groups excluding carboxylic acids is 2. The first-order valence-electron chi connectivity index (χ1n) is 3.54. The van der Waals surface area contributed by atoms with Crippen molar-refractivity contribution in [3.63, 3.8) is 0 Å². The summed E-state index contributed by atoms with van der Waals surface area (Å²) in [5.41, 5.74) is 1.64. The van der Waals surface area contributed by atoms with E-state index in [1.54, 1.807) is 12.2 Å². The smallest absolute Gasteiger partial charge is 0.346 e. The molecule has 12 heavy (non-hydrogen) atoms. The SMILES string of the molecule is C=C1C=CC2=C(C1)C(=O)OC2=O. The maximum Gasteiger partial charge on any atom is 0.346 e. The van der Waals surface area contributed by atoms with Gasteiger partial charge in [-0.3, -0.25) is 0 Å². The summed E-state index contributed by atoms with van der Waals surface area (Å²) in [6.45, 7) is 3.69. The molecule has 0 aromatic rings. The maximum atomic E-state index is 11.0. The summed E-state index contributed by atoms with van der Waals surface area (Å²) in [5, 5.41) is 0. The lowest BCUT2D eigenvalue weighted by molar-refractivity contribution is -0.151. The Morgan fingerprint density at radius 3 is 2.75 bits per heavy atom. The van der Waals surface area contributed by atoms with Gasteiger partial charge in [-0.2, -0.15) is 0 Å². The minimum Gasteiger partial charge on any atom is -0.386 e. The Kier molecular flexibility index (Phi) is 1.27. The van der Waals surface area contributed by atoms with Crippen LogP contribution in [-0.2, 0) is 14.3 Å². The highest BCUT2D eigenvalue weighted by Crippen LogP contribution is 2.28. The van der Waals surface area contributed by atoms with Gasteiger partial charge < -0.3 is 4.74 Å². The van der Waals surface area contributed by atoms with E-state index < -0.39 is 11.9 Å². The third kappa shape index (κ3) is 0.830. The average Bonchev–Trinajstić information content (AvgIpc) is 2.28. The molecule has 0 amide bonds. The number of carbonyl (C=O) groups is 2. The van der Waals surface area contributed by atoms with Gasteiger partial charge in [-0.05, 0) is 6.08 Å². The summed E-state index contributed by atoms with van der Waals surface area (Å²) in [5.74, 6) is -1.07. The molecule has 1 aliphatic carbocycles. The van der Waals surface area contributed by atoms with Gasteiger partial charge in [-0.25, -0.2) is 9.59 Å². The topological polar surface area (TPSA) is 43.4 Å². The Bertz CT molecular complexity index is 358. The molecule has 3 heteroatoms. The predicted octanol–water partition coefficient (Wildman–Crippen LogP) is 0.882. The molecule has 2 rings (SSSR count). The van der Waals surface area contributed by atoms with E-state index in [2.05, 4.69) is 11.3 Å². The van der Waals surface area contributed by atoms with Crippen molar-refractivity contribution in [3.8, 4) is 0 Å². The monoisotopic (exact) mass is 162 g/mol. The lowest BCUT2D eigenvalue weighted by atomic mass is 9.96. The van der Waals surface area contributed by atoms with Crippen LogP contribution in [0.2, 0.25) is 0 Å². The van der Waals surface area contributed by atoms with Crippen LogP contribution in [-0.4, -0.2) is 11.9 Å². The zero-order valence-electron chi connectivity index (χ0n) is 6.29. The number of rotatable bonds is 0. The molecule has 3 nitrogen and oxygen atoms in total. The van der Waals surface area contributed by atoms with Gasteiger partial charge in [0.2, 0.25) is 0 Å². The lowest BCUT2D eigenvalue weighted by Gasteiger charge is -2.03. The lowest BCUT2D eigenvalue weighted by Crippen LogP contribution is -2.01. The molecule has 0 saturated carbocycles. The van der Waals surface area contributed by atoms with Crippen LogP contribution < -0.4 is 0 Å². The molecule has 2 aliphatic rings. The molecular weight excluding hydrogens is 156 g/mol. The van der Waals surface area contributed by atoms with E-state index in [0.29, 0.717) is 17.6 Å². The largest absolute Gasteiger partial charge is 0.386 e. The van der Waals surface area contributed by atoms with E-state index in [1.165, 1.54) is 0 Å². The van der Waals surface area contributed by atoms with Crippen LogP contribution in [0.15, 0.2) is 35.5 Å². The van der Waals surface area contributed by atoms with E-state index in [0.717, 1.165) is 5.57 Å². The zero-order chi connectivity index (χ0) is 8.72. The first-order valence-corrected chi connectivity index (χ1v) is 3.54. The Labute approximate surface area is 69.0 Å². The summed E-state index contributed by atoms with van der Waals surface area (Å²) in [7, 11) is 0. The molecule has 1 aliphatic heterocycles. The van der Waals surface area contributed by atoms with E-state index in [9.17, 15) is 9.59 Å². The first-order chi connectivity index (χ1) is 5.68. The van der Waals surface area contributed by atoms with Crippen molar-refractivity contribution in [2.75, 3.05) is 0 Å². The van der Waals surface area contributed by atoms with Gasteiger partial charge in [-0.1, -0.05) is 18.2 Å². The molecule has 0 fully saturated rings. The van der Waals surface area contributed by atoms with Crippen LogP contribution >= 0.6 is 0 Å². The Hall–Kier alpha value is -1.64. The van der Waals surface area contributed by atoms with Crippen LogP contribution in [0.4, 0.5) is 0 Å². The Morgan fingerprint density at radius 2 is 2.00 bits per heavy atom. The van der Waals surface area contributed by atoms with Crippen molar-refractivity contribution in [1.82, 2.24) is 0 Å². The average molecular weight is 162 g/mol. The van der Waals surface area contributed by atoms with Gasteiger partial charge in [0.1, 0.15) is 0 Å². The molecule has 0 aromatic carbocycles. The highest BCUT2D eigenvalue weighted by Gasteiger charge is 2.32. The maximum absolute atomic E-state index is 11.0. The van der Waals surface area contributed by atoms with Crippen molar-refractivity contribution < 1.29 is 14.3 Å². The van der Waals surface area contributed by atoms with Crippen molar-refractivity contribution in [1.29, 1.82) is 0 Å². The van der Waals surface area contributed by atoms with Crippen LogP contribution in [0.1, 0.15) is 6.42 Å². The Balaban J connectivity index is 2.49. The molecule has 0 atom stereocenters. The quantitative estimate of drug-likeness (QED) is 0.392. The number of allylic oxidation sites excluding steroid dienone is 2. The molecule has 0 radical (unpaired) electrons. The van der Waals surface area contributed by atoms with Crippen LogP contribution in [0.5, 0.6) is 0 Å². The highest BCUT2D eigenvalue weighted by atomic mass is 16.6. The minimum absolute atomic E-state index is 0.382. The molecule has 60 valence electrons. The number of ether oxygens (including phenoxy) is 1. The van der Waals surface area contributed by atoms with Gasteiger partial charge in [0, 0.05) is 6.42 Å². The number of cyclic esters (lactones) is 2. The van der Waals surface area contributed by atoms with Crippen LogP contribution in [0, 0.1) is 0 Å². The van der Waals surface area contributed by atoms with Crippen LogP contribution in [0.3, 0.4) is 0 Å². The normalized spacial score (nSPS) is 21.5. The molecular formula is C9H6O3. The van der Waals surface area contributed by atoms with Gasteiger partial charge in [0.15, 0.2) is 0 Å². The first kappa shape index (κ1) is 7.03. The van der Waals surface area contributed by atoms with E-state index >= 15 is 0 Å². The third-order valence-electron chi connectivity index (χ3n) is 1.87. The third-order valence-corrected chi connectivity index (χ3v) is 1.87. The number of esters is 2. The molecule has 0 saturated heterocycles. The van der Waals surface area contributed by atoms with E-state index in [1.807, 2.05) is 0 Å². The second-order valence-electron chi connectivity index (χ2n) is 2.74. The van der Waals surface area contributed by atoms with Gasteiger partial charge in [0.05, 0.1) is 11.1 Å². The van der Waals surface area contributed by atoms with Crippen molar-refractivity contribution in [3.05, 3.63) is 35.5 Å². The standard InChI is InChI=1S/C9H6O3/c1-5-2-3-6-7(4-5)9(11)12-8(6)10/h2-3H,1,4H2. The van der Waals surface area contributed by atoms with Crippen molar-refractivity contribution >= 4 is 11.9 Å². The molecule has 0 aromatic heterocycles. The fourth-order valence-corrected chi connectivity index (χ4v) is 1.26. The van der Waals surface area contributed by atoms with Gasteiger partial charge >= 0.3 is 11.9 Å². The summed E-state index contributed by atoms with van der Waals surface area (Å²) in [4.78, 5) is 21.9. The van der Waals surface area contributed by atoms with E-state index in [4.69, 9.17) is 0 Å². The number of hydrogen-bond donors (Lipinski definition) is 0. The van der Waals surface area contributed by atoms with E-state index in [-0.39, 0.29) is 0 Å². The molecule has 0 spiro atoms. The predicted molar refractivity (Wildman–Crippen MR) is 41.0 cm³/mol. The van der Waals surface area contributed by atoms with Crippen LogP contribution in [0.25, 0.3) is 0 Å². The second kappa shape index (κ2) is 2.17.